The second-order valence-corrected chi connectivity index (χ2v) is 5.56. The zero-order chi connectivity index (χ0) is 13.8. The Morgan fingerprint density at radius 1 is 1.11 bits per heavy atom. The predicted molar refractivity (Wildman–Crippen MR) is 80.4 cm³/mol. The van der Waals surface area contributed by atoms with Crippen LogP contribution >= 0.6 is 11.6 Å². The Kier molecular flexibility index (Phi) is 4.54. The Balaban J connectivity index is 2.38. The van der Waals surface area contributed by atoms with Crippen LogP contribution in [0.3, 0.4) is 0 Å². The molecule has 100 valence electrons. The van der Waals surface area contributed by atoms with Crippen LogP contribution in [-0.2, 0) is 6.42 Å². The van der Waals surface area contributed by atoms with Crippen molar-refractivity contribution >= 4 is 11.6 Å². The van der Waals surface area contributed by atoms with E-state index in [-0.39, 0.29) is 0 Å². The first-order chi connectivity index (χ1) is 9.08. The summed E-state index contributed by atoms with van der Waals surface area (Å²) in [6, 6.07) is 10.1. The molecule has 0 aliphatic heterocycles. The minimum absolute atomic E-state index is 0.563. The van der Waals surface area contributed by atoms with Crippen LogP contribution in [0.4, 0.5) is 0 Å². The number of aryl methyl sites for hydroxylation is 1. The van der Waals surface area contributed by atoms with E-state index in [9.17, 15) is 0 Å². The van der Waals surface area contributed by atoms with Crippen LogP contribution in [0.2, 0.25) is 5.15 Å². The Morgan fingerprint density at radius 3 is 2.42 bits per heavy atom. The highest BCUT2D eigenvalue weighted by Crippen LogP contribution is 2.25. The van der Waals surface area contributed by atoms with E-state index in [1.807, 2.05) is 25.1 Å². The van der Waals surface area contributed by atoms with Gasteiger partial charge in [-0.05, 0) is 19.3 Å². The summed E-state index contributed by atoms with van der Waals surface area (Å²) in [6.45, 7) is 6.37. The third-order valence-electron chi connectivity index (χ3n) is 3.13. The molecule has 1 heterocycles. The molecule has 2 aromatic rings. The first kappa shape index (κ1) is 14.0. The molecule has 0 bridgehead atoms. The van der Waals surface area contributed by atoms with Crippen molar-refractivity contribution in [2.45, 2.75) is 33.6 Å². The lowest BCUT2D eigenvalue weighted by molar-refractivity contribution is 0.574. The lowest BCUT2D eigenvalue weighted by atomic mass is 10.1. The minimum Gasteiger partial charge on any atom is -0.233 e. The van der Waals surface area contributed by atoms with E-state index in [1.165, 1.54) is 0 Å². The third-order valence-corrected chi connectivity index (χ3v) is 3.49. The average molecular weight is 275 g/mol. The molecule has 0 saturated heterocycles. The van der Waals surface area contributed by atoms with Gasteiger partial charge in [-0.3, -0.25) is 0 Å². The van der Waals surface area contributed by atoms with Gasteiger partial charge in [-0.15, -0.1) is 0 Å². The fourth-order valence-electron chi connectivity index (χ4n) is 1.94. The van der Waals surface area contributed by atoms with Crippen LogP contribution in [0.25, 0.3) is 11.3 Å². The largest absolute Gasteiger partial charge is 0.233 e. The summed E-state index contributed by atoms with van der Waals surface area (Å²) in [7, 11) is 0. The summed E-state index contributed by atoms with van der Waals surface area (Å²) in [5.74, 6) is 1.48. The van der Waals surface area contributed by atoms with Gasteiger partial charge in [0.05, 0.1) is 5.69 Å². The van der Waals surface area contributed by atoms with E-state index in [1.54, 1.807) is 0 Å². The van der Waals surface area contributed by atoms with E-state index in [0.717, 1.165) is 35.5 Å². The quantitative estimate of drug-likeness (QED) is 0.756. The fourth-order valence-corrected chi connectivity index (χ4v) is 2.13. The molecule has 0 radical (unpaired) electrons. The molecule has 2 nitrogen and oxygen atoms in total. The summed E-state index contributed by atoms with van der Waals surface area (Å²) in [5, 5.41) is 0.563. The molecule has 0 aliphatic rings. The second kappa shape index (κ2) is 6.16. The summed E-state index contributed by atoms with van der Waals surface area (Å²) < 4.78 is 0. The topological polar surface area (TPSA) is 25.8 Å². The van der Waals surface area contributed by atoms with Crippen molar-refractivity contribution in [1.82, 2.24) is 9.97 Å². The molecule has 0 unspecified atom stereocenters. The van der Waals surface area contributed by atoms with Gasteiger partial charge in [0.15, 0.2) is 0 Å². The first-order valence-corrected chi connectivity index (χ1v) is 7.04. The normalized spacial score (nSPS) is 11.0. The first-order valence-electron chi connectivity index (χ1n) is 6.66. The van der Waals surface area contributed by atoms with Gasteiger partial charge in [0.1, 0.15) is 11.0 Å². The van der Waals surface area contributed by atoms with E-state index in [4.69, 9.17) is 11.6 Å². The van der Waals surface area contributed by atoms with E-state index < -0.39 is 0 Å². The van der Waals surface area contributed by atoms with Crippen molar-refractivity contribution in [3.05, 3.63) is 46.9 Å². The molecule has 0 amide bonds. The highest BCUT2D eigenvalue weighted by Gasteiger charge is 2.11. The molecule has 0 fully saturated rings. The Morgan fingerprint density at radius 2 is 1.79 bits per heavy atom. The van der Waals surface area contributed by atoms with Gasteiger partial charge >= 0.3 is 0 Å². The molecule has 0 spiro atoms. The molecule has 19 heavy (non-hydrogen) atoms. The van der Waals surface area contributed by atoms with Crippen molar-refractivity contribution in [3.63, 3.8) is 0 Å². The van der Waals surface area contributed by atoms with E-state index in [2.05, 4.69) is 35.9 Å². The average Bonchev–Trinajstić information content (AvgIpc) is 2.41. The number of benzene rings is 1. The maximum absolute atomic E-state index is 6.23. The molecule has 2 rings (SSSR count). The van der Waals surface area contributed by atoms with Gasteiger partial charge in [-0.2, -0.15) is 0 Å². The Hall–Kier alpha value is -1.41. The van der Waals surface area contributed by atoms with Gasteiger partial charge in [0.2, 0.25) is 0 Å². The van der Waals surface area contributed by atoms with Crippen molar-refractivity contribution in [3.8, 4) is 11.3 Å². The van der Waals surface area contributed by atoms with E-state index >= 15 is 0 Å². The number of hydrogen-bond acceptors (Lipinski definition) is 2. The Labute approximate surface area is 119 Å². The molecule has 1 aromatic heterocycles. The van der Waals surface area contributed by atoms with Crippen molar-refractivity contribution in [2.75, 3.05) is 0 Å². The molecular formula is C16H19ClN2. The molecule has 0 saturated carbocycles. The minimum atomic E-state index is 0.563. The molecule has 1 aromatic carbocycles. The van der Waals surface area contributed by atoms with Crippen molar-refractivity contribution < 1.29 is 0 Å². The lowest BCUT2D eigenvalue weighted by Gasteiger charge is -2.10. The van der Waals surface area contributed by atoms with E-state index in [0.29, 0.717) is 11.1 Å². The Bertz CT molecular complexity index is 550. The van der Waals surface area contributed by atoms with Gasteiger partial charge in [-0.1, -0.05) is 55.8 Å². The van der Waals surface area contributed by atoms with Crippen molar-refractivity contribution in [2.24, 2.45) is 5.92 Å². The van der Waals surface area contributed by atoms with Crippen LogP contribution in [0.5, 0.6) is 0 Å². The fraction of sp³-hybridized carbons (Fsp3) is 0.375. The number of hydrogen-bond donors (Lipinski definition) is 0. The van der Waals surface area contributed by atoms with Gasteiger partial charge in [0.25, 0.3) is 0 Å². The zero-order valence-corrected chi connectivity index (χ0v) is 12.4. The molecule has 3 heteroatoms. The summed E-state index contributed by atoms with van der Waals surface area (Å²) in [5.41, 5.74) is 2.98. The van der Waals surface area contributed by atoms with Crippen LogP contribution in [0, 0.1) is 12.8 Å². The standard InChI is InChI=1S/C16H19ClN2/c1-11(2)9-10-14-18-15(12(3)16(17)19-14)13-7-5-4-6-8-13/h4-8,11H,9-10H2,1-3H3. The number of aromatic nitrogens is 2. The molecule has 0 N–H and O–H groups in total. The van der Waals surface area contributed by atoms with Crippen LogP contribution in [0.15, 0.2) is 30.3 Å². The number of rotatable bonds is 4. The zero-order valence-electron chi connectivity index (χ0n) is 11.7. The number of halogens is 1. The summed E-state index contributed by atoms with van der Waals surface area (Å²) >= 11 is 6.23. The molecule has 0 atom stereocenters. The smallest absolute Gasteiger partial charge is 0.136 e. The van der Waals surface area contributed by atoms with Gasteiger partial charge < -0.3 is 0 Å². The monoisotopic (exact) mass is 274 g/mol. The molecular weight excluding hydrogens is 256 g/mol. The highest BCUT2D eigenvalue weighted by molar-refractivity contribution is 6.30. The second-order valence-electron chi connectivity index (χ2n) is 5.20. The lowest BCUT2D eigenvalue weighted by Crippen LogP contribution is -2.02. The predicted octanol–water partition coefficient (Wildman–Crippen LogP) is 4.69. The highest BCUT2D eigenvalue weighted by atomic mass is 35.5. The molecule has 0 aliphatic carbocycles. The summed E-state index contributed by atoms with van der Waals surface area (Å²) in [4.78, 5) is 9.06. The van der Waals surface area contributed by atoms with Gasteiger partial charge in [-0.25, -0.2) is 9.97 Å². The maximum Gasteiger partial charge on any atom is 0.136 e. The van der Waals surface area contributed by atoms with Crippen molar-refractivity contribution in [1.29, 1.82) is 0 Å². The maximum atomic E-state index is 6.23. The van der Waals surface area contributed by atoms with Crippen LogP contribution < -0.4 is 0 Å². The van der Waals surface area contributed by atoms with Crippen LogP contribution in [0.1, 0.15) is 31.7 Å². The van der Waals surface area contributed by atoms with Crippen LogP contribution in [-0.4, -0.2) is 9.97 Å². The summed E-state index contributed by atoms with van der Waals surface area (Å²) in [6.07, 6.45) is 1.95. The SMILES string of the molecule is Cc1c(Cl)nc(CCC(C)C)nc1-c1ccccc1. The number of nitrogens with zero attached hydrogens (tertiary/aromatic N) is 2. The van der Waals surface area contributed by atoms with Gasteiger partial charge in [0, 0.05) is 17.5 Å². The third kappa shape index (κ3) is 3.54.